The van der Waals surface area contributed by atoms with E-state index in [4.69, 9.17) is 0 Å². The molecule has 0 bridgehead atoms. The predicted octanol–water partition coefficient (Wildman–Crippen LogP) is 3.22. The number of nitrogens with one attached hydrogen (secondary N) is 1. The Morgan fingerprint density at radius 3 is 2.95 bits per heavy atom. The molecule has 2 heterocycles. The van der Waals surface area contributed by atoms with Crippen LogP contribution in [0.3, 0.4) is 0 Å². The second kappa shape index (κ2) is 6.16. The molecule has 100 valence electrons. The Balaban J connectivity index is 2.09. The minimum absolute atomic E-state index is 0.0839. The maximum absolute atomic E-state index is 12.3. The first-order chi connectivity index (χ1) is 9.10. The standard InChI is InChI=1S/C13H14BrN3OS/c1-15-12-5-3-4-10(16-12)13(18)17(2)7-9-6-11(14)19-8-9/h3-6,8H,7H2,1-2H3,(H,15,16). The summed E-state index contributed by atoms with van der Waals surface area (Å²) in [4.78, 5) is 18.2. The van der Waals surface area contributed by atoms with Crippen molar-refractivity contribution in [2.75, 3.05) is 19.4 Å². The molecule has 2 rings (SSSR count). The van der Waals surface area contributed by atoms with Crippen LogP contribution in [-0.4, -0.2) is 29.9 Å². The van der Waals surface area contributed by atoms with Crippen molar-refractivity contribution < 1.29 is 4.79 Å². The molecule has 0 aliphatic rings. The minimum Gasteiger partial charge on any atom is -0.373 e. The quantitative estimate of drug-likeness (QED) is 0.930. The lowest BCUT2D eigenvalue weighted by molar-refractivity contribution is 0.0779. The molecule has 19 heavy (non-hydrogen) atoms. The molecular formula is C13H14BrN3OS. The summed E-state index contributed by atoms with van der Waals surface area (Å²) in [7, 11) is 3.56. The molecule has 0 aliphatic carbocycles. The van der Waals surface area contributed by atoms with Gasteiger partial charge in [0, 0.05) is 20.6 Å². The summed E-state index contributed by atoms with van der Waals surface area (Å²) >= 11 is 5.03. The lowest BCUT2D eigenvalue weighted by Crippen LogP contribution is -2.26. The SMILES string of the molecule is CNc1cccc(C(=O)N(C)Cc2csc(Br)c2)n1. The molecule has 0 saturated heterocycles. The van der Waals surface area contributed by atoms with Crippen LogP contribution in [0.25, 0.3) is 0 Å². The number of anilines is 1. The van der Waals surface area contributed by atoms with Gasteiger partial charge in [-0.25, -0.2) is 4.98 Å². The number of carbonyl (C=O) groups is 1. The molecule has 0 radical (unpaired) electrons. The van der Waals surface area contributed by atoms with Crippen LogP contribution in [0.2, 0.25) is 0 Å². The number of thiophene rings is 1. The van der Waals surface area contributed by atoms with Crippen molar-refractivity contribution in [2.45, 2.75) is 6.54 Å². The zero-order valence-electron chi connectivity index (χ0n) is 10.7. The molecule has 0 aliphatic heterocycles. The van der Waals surface area contributed by atoms with Gasteiger partial charge in [0.25, 0.3) is 5.91 Å². The number of nitrogens with zero attached hydrogens (tertiary/aromatic N) is 2. The van der Waals surface area contributed by atoms with E-state index in [-0.39, 0.29) is 5.91 Å². The zero-order valence-corrected chi connectivity index (χ0v) is 13.1. The van der Waals surface area contributed by atoms with Crippen LogP contribution in [-0.2, 0) is 6.54 Å². The third kappa shape index (κ3) is 3.54. The maximum Gasteiger partial charge on any atom is 0.272 e. The molecular weight excluding hydrogens is 326 g/mol. The Kier molecular flexibility index (Phi) is 4.55. The normalized spacial score (nSPS) is 10.3. The highest BCUT2D eigenvalue weighted by molar-refractivity contribution is 9.11. The molecule has 4 nitrogen and oxygen atoms in total. The molecule has 2 aromatic heterocycles. The van der Waals surface area contributed by atoms with Gasteiger partial charge in [-0.05, 0) is 45.1 Å². The first-order valence-electron chi connectivity index (χ1n) is 5.73. The monoisotopic (exact) mass is 339 g/mol. The summed E-state index contributed by atoms with van der Waals surface area (Å²) in [6.07, 6.45) is 0. The van der Waals surface area contributed by atoms with E-state index in [0.717, 1.165) is 9.35 Å². The number of carbonyl (C=O) groups excluding carboxylic acids is 1. The fourth-order valence-corrected chi connectivity index (χ4v) is 2.86. The van der Waals surface area contributed by atoms with Gasteiger partial charge < -0.3 is 10.2 Å². The summed E-state index contributed by atoms with van der Waals surface area (Å²) in [5.74, 6) is 0.608. The summed E-state index contributed by atoms with van der Waals surface area (Å²) < 4.78 is 1.07. The average Bonchev–Trinajstić information content (AvgIpc) is 2.83. The Hall–Kier alpha value is -1.40. The average molecular weight is 340 g/mol. The molecule has 1 amide bonds. The molecule has 1 N–H and O–H groups in total. The van der Waals surface area contributed by atoms with Crippen LogP contribution < -0.4 is 5.32 Å². The summed E-state index contributed by atoms with van der Waals surface area (Å²) in [5.41, 5.74) is 1.56. The largest absolute Gasteiger partial charge is 0.373 e. The summed E-state index contributed by atoms with van der Waals surface area (Å²) in [5, 5.41) is 4.96. The summed E-state index contributed by atoms with van der Waals surface area (Å²) in [6.45, 7) is 0.576. The Bertz CT molecular complexity index is 585. The van der Waals surface area contributed by atoms with E-state index < -0.39 is 0 Å². The van der Waals surface area contributed by atoms with Gasteiger partial charge in [0.15, 0.2) is 0 Å². The van der Waals surface area contributed by atoms with Crippen molar-refractivity contribution in [2.24, 2.45) is 0 Å². The van der Waals surface area contributed by atoms with Crippen LogP contribution in [0.4, 0.5) is 5.82 Å². The third-order valence-electron chi connectivity index (χ3n) is 2.61. The van der Waals surface area contributed by atoms with Gasteiger partial charge in [-0.3, -0.25) is 4.79 Å². The van der Waals surface area contributed by atoms with Gasteiger partial charge in [-0.15, -0.1) is 11.3 Å². The van der Waals surface area contributed by atoms with E-state index in [2.05, 4.69) is 26.2 Å². The predicted molar refractivity (Wildman–Crippen MR) is 81.6 cm³/mol. The highest BCUT2D eigenvalue weighted by atomic mass is 79.9. The van der Waals surface area contributed by atoms with Crippen LogP contribution in [0, 0.1) is 0 Å². The highest BCUT2D eigenvalue weighted by Gasteiger charge is 2.14. The van der Waals surface area contributed by atoms with Crippen molar-refractivity contribution in [1.29, 1.82) is 0 Å². The Morgan fingerprint density at radius 2 is 2.32 bits per heavy atom. The molecule has 6 heteroatoms. The Morgan fingerprint density at radius 1 is 1.53 bits per heavy atom. The van der Waals surface area contributed by atoms with E-state index in [1.165, 1.54) is 0 Å². The van der Waals surface area contributed by atoms with Crippen LogP contribution >= 0.6 is 27.3 Å². The topological polar surface area (TPSA) is 45.2 Å². The molecule has 0 spiro atoms. The molecule has 0 unspecified atom stereocenters. The first kappa shape index (κ1) is 14.0. The van der Waals surface area contributed by atoms with Crippen molar-refractivity contribution in [3.05, 3.63) is 44.7 Å². The fraction of sp³-hybridized carbons (Fsp3) is 0.231. The molecule has 2 aromatic rings. The van der Waals surface area contributed by atoms with Gasteiger partial charge in [0.2, 0.25) is 0 Å². The van der Waals surface area contributed by atoms with Gasteiger partial charge in [0.05, 0.1) is 3.79 Å². The van der Waals surface area contributed by atoms with Crippen LogP contribution in [0.5, 0.6) is 0 Å². The smallest absolute Gasteiger partial charge is 0.272 e. The van der Waals surface area contributed by atoms with E-state index in [9.17, 15) is 4.79 Å². The van der Waals surface area contributed by atoms with E-state index in [1.54, 1.807) is 36.4 Å². The minimum atomic E-state index is -0.0839. The number of hydrogen-bond acceptors (Lipinski definition) is 4. The van der Waals surface area contributed by atoms with Crippen LogP contribution in [0.15, 0.2) is 33.4 Å². The Labute approximate surface area is 124 Å². The molecule has 0 aromatic carbocycles. The van der Waals surface area contributed by atoms with E-state index in [0.29, 0.717) is 18.1 Å². The summed E-state index contributed by atoms with van der Waals surface area (Å²) in [6, 6.07) is 7.39. The second-order valence-electron chi connectivity index (χ2n) is 4.08. The number of rotatable bonds is 4. The van der Waals surface area contributed by atoms with Crippen molar-refractivity contribution in [3.63, 3.8) is 0 Å². The van der Waals surface area contributed by atoms with Crippen molar-refractivity contribution in [3.8, 4) is 0 Å². The van der Waals surface area contributed by atoms with Crippen molar-refractivity contribution >= 4 is 39.0 Å². The van der Waals surface area contributed by atoms with E-state index >= 15 is 0 Å². The molecule has 0 atom stereocenters. The lowest BCUT2D eigenvalue weighted by atomic mass is 10.2. The first-order valence-corrected chi connectivity index (χ1v) is 7.40. The zero-order chi connectivity index (χ0) is 13.8. The number of amides is 1. The number of halogens is 1. The molecule has 0 saturated carbocycles. The van der Waals surface area contributed by atoms with Gasteiger partial charge in [-0.1, -0.05) is 6.07 Å². The van der Waals surface area contributed by atoms with Gasteiger partial charge in [0.1, 0.15) is 11.5 Å². The number of aromatic nitrogens is 1. The lowest BCUT2D eigenvalue weighted by Gasteiger charge is -2.16. The van der Waals surface area contributed by atoms with E-state index in [1.807, 2.05) is 23.6 Å². The highest BCUT2D eigenvalue weighted by Crippen LogP contribution is 2.21. The molecule has 0 fully saturated rings. The second-order valence-corrected chi connectivity index (χ2v) is 6.37. The van der Waals surface area contributed by atoms with Gasteiger partial charge >= 0.3 is 0 Å². The fourth-order valence-electron chi connectivity index (χ4n) is 1.66. The van der Waals surface area contributed by atoms with Crippen molar-refractivity contribution in [1.82, 2.24) is 9.88 Å². The maximum atomic E-state index is 12.3. The van der Waals surface area contributed by atoms with Gasteiger partial charge in [-0.2, -0.15) is 0 Å². The van der Waals surface area contributed by atoms with Crippen LogP contribution in [0.1, 0.15) is 16.1 Å². The third-order valence-corrected chi connectivity index (χ3v) is 4.17. The number of pyridine rings is 1. The number of hydrogen-bond donors (Lipinski definition) is 1.